The summed E-state index contributed by atoms with van der Waals surface area (Å²) in [7, 11) is 0. The normalized spacial score (nSPS) is 57.5. The van der Waals surface area contributed by atoms with Crippen molar-refractivity contribution in [3.8, 4) is 0 Å². The summed E-state index contributed by atoms with van der Waals surface area (Å²) in [5, 5.41) is 10.7. The quantitative estimate of drug-likeness (QED) is 0.761. The summed E-state index contributed by atoms with van der Waals surface area (Å²) in [5.41, 5.74) is -0.308. The Bertz CT molecular complexity index is 327. The maximum atomic E-state index is 10.7. The lowest BCUT2D eigenvalue weighted by molar-refractivity contribution is -0.144. The summed E-state index contributed by atoms with van der Waals surface area (Å²) in [6, 6.07) is 0. The predicted octanol–water partition coefficient (Wildman–Crippen LogP) is 2.99. The lowest BCUT2D eigenvalue weighted by Crippen LogP contribution is -2.53. The first-order chi connectivity index (χ1) is 7.91. The van der Waals surface area contributed by atoms with Gasteiger partial charge < -0.3 is 9.84 Å². The Labute approximate surface area is 105 Å². The molecule has 17 heavy (non-hydrogen) atoms. The first kappa shape index (κ1) is 12.0. The van der Waals surface area contributed by atoms with Gasteiger partial charge in [0, 0.05) is 5.92 Å². The highest BCUT2D eigenvalue weighted by atomic mass is 16.6. The average Bonchev–Trinajstić information content (AvgIpc) is 2.44. The van der Waals surface area contributed by atoms with E-state index >= 15 is 0 Å². The van der Waals surface area contributed by atoms with Crippen LogP contribution in [0, 0.1) is 23.7 Å². The number of aliphatic hydroxyl groups excluding tert-OH is 1. The lowest BCUT2D eigenvalue weighted by Gasteiger charge is -2.49. The number of ether oxygens (including phenoxy) is 1. The fourth-order valence-corrected chi connectivity index (χ4v) is 4.95. The van der Waals surface area contributed by atoms with E-state index in [0.717, 1.165) is 18.8 Å². The molecule has 2 saturated carbocycles. The molecule has 0 aromatic rings. The fraction of sp³-hybridized carbons (Fsp3) is 1.00. The van der Waals surface area contributed by atoms with Crippen LogP contribution in [0.3, 0.4) is 0 Å². The van der Waals surface area contributed by atoms with Crippen LogP contribution in [-0.2, 0) is 4.74 Å². The zero-order valence-electron chi connectivity index (χ0n) is 11.6. The van der Waals surface area contributed by atoms with E-state index in [4.69, 9.17) is 4.74 Å². The van der Waals surface area contributed by atoms with Crippen LogP contribution < -0.4 is 0 Å². The van der Waals surface area contributed by atoms with E-state index < -0.39 is 0 Å². The minimum atomic E-state index is -0.268. The van der Waals surface area contributed by atoms with Gasteiger partial charge in [-0.3, -0.25) is 0 Å². The number of fused-ring (bicyclic) bond motifs is 1. The summed E-state index contributed by atoms with van der Waals surface area (Å²) in [5.74, 6) is 2.33. The Kier molecular flexibility index (Phi) is 2.45. The minimum Gasteiger partial charge on any atom is -0.390 e. The first-order valence-electron chi connectivity index (χ1n) is 7.29. The van der Waals surface area contributed by atoms with Gasteiger partial charge in [0.1, 0.15) is 0 Å². The second kappa shape index (κ2) is 3.48. The van der Waals surface area contributed by atoms with Crippen molar-refractivity contribution < 1.29 is 9.84 Å². The third-order valence-electron chi connectivity index (χ3n) is 6.09. The SMILES string of the molecule is CC(C)[C@]12CC[C@@H](C)[C@@H]3CC[C@](C)(O1)[C@@H](O)[C@@H]32. The summed E-state index contributed by atoms with van der Waals surface area (Å²) in [6.45, 7) is 9.03. The molecule has 1 saturated heterocycles. The van der Waals surface area contributed by atoms with Gasteiger partial charge in [0.2, 0.25) is 0 Å². The second-order valence-electron chi connectivity index (χ2n) is 7.21. The predicted molar refractivity (Wildman–Crippen MR) is 67.7 cm³/mol. The van der Waals surface area contributed by atoms with Crippen LogP contribution >= 0.6 is 0 Å². The monoisotopic (exact) mass is 238 g/mol. The molecule has 2 aliphatic carbocycles. The number of hydrogen-bond acceptors (Lipinski definition) is 2. The lowest BCUT2D eigenvalue weighted by atomic mass is 9.56. The topological polar surface area (TPSA) is 29.5 Å². The zero-order valence-corrected chi connectivity index (χ0v) is 11.6. The molecule has 0 amide bonds. The first-order valence-corrected chi connectivity index (χ1v) is 7.29. The molecule has 0 spiro atoms. The molecule has 98 valence electrons. The Morgan fingerprint density at radius 3 is 2.59 bits per heavy atom. The molecule has 3 rings (SSSR count). The molecule has 0 unspecified atom stereocenters. The van der Waals surface area contributed by atoms with Crippen molar-refractivity contribution in [2.45, 2.75) is 70.7 Å². The van der Waals surface area contributed by atoms with E-state index in [9.17, 15) is 5.11 Å². The molecule has 2 bridgehead atoms. The highest BCUT2D eigenvalue weighted by Gasteiger charge is 2.67. The molecule has 1 heterocycles. The Hall–Kier alpha value is -0.0800. The van der Waals surface area contributed by atoms with Crippen LogP contribution in [0.2, 0.25) is 0 Å². The van der Waals surface area contributed by atoms with E-state index in [0.29, 0.717) is 17.8 Å². The number of aliphatic hydroxyl groups is 1. The molecule has 0 aromatic carbocycles. The van der Waals surface area contributed by atoms with Gasteiger partial charge >= 0.3 is 0 Å². The van der Waals surface area contributed by atoms with Crippen molar-refractivity contribution in [2.75, 3.05) is 0 Å². The molecular weight excluding hydrogens is 212 g/mol. The van der Waals surface area contributed by atoms with Gasteiger partial charge in [0.15, 0.2) is 0 Å². The van der Waals surface area contributed by atoms with Gasteiger partial charge in [-0.15, -0.1) is 0 Å². The van der Waals surface area contributed by atoms with Crippen LogP contribution in [0.1, 0.15) is 53.4 Å². The van der Waals surface area contributed by atoms with E-state index in [-0.39, 0.29) is 17.3 Å². The largest absolute Gasteiger partial charge is 0.390 e. The fourth-order valence-electron chi connectivity index (χ4n) is 4.95. The van der Waals surface area contributed by atoms with E-state index in [2.05, 4.69) is 27.7 Å². The summed E-state index contributed by atoms with van der Waals surface area (Å²) in [4.78, 5) is 0. The van der Waals surface area contributed by atoms with Crippen molar-refractivity contribution >= 4 is 0 Å². The van der Waals surface area contributed by atoms with Crippen LogP contribution in [0.5, 0.6) is 0 Å². The zero-order chi connectivity index (χ0) is 12.4. The molecule has 3 fully saturated rings. The second-order valence-corrected chi connectivity index (χ2v) is 7.21. The number of hydrogen-bond donors (Lipinski definition) is 1. The molecule has 2 nitrogen and oxygen atoms in total. The number of rotatable bonds is 1. The highest BCUT2D eigenvalue weighted by Crippen LogP contribution is 2.62. The van der Waals surface area contributed by atoms with Crippen molar-refractivity contribution in [1.82, 2.24) is 0 Å². The third kappa shape index (κ3) is 1.34. The maximum Gasteiger partial charge on any atom is 0.0924 e. The van der Waals surface area contributed by atoms with Crippen LogP contribution in [0.25, 0.3) is 0 Å². The molecule has 1 N–H and O–H groups in total. The van der Waals surface area contributed by atoms with Gasteiger partial charge in [-0.2, -0.15) is 0 Å². The van der Waals surface area contributed by atoms with Gasteiger partial charge in [-0.05, 0) is 50.4 Å². The van der Waals surface area contributed by atoms with Crippen LogP contribution in [-0.4, -0.2) is 22.4 Å². The van der Waals surface area contributed by atoms with E-state index in [1.54, 1.807) is 0 Å². The highest BCUT2D eigenvalue weighted by molar-refractivity contribution is 5.15. The summed E-state index contributed by atoms with van der Waals surface area (Å²) < 4.78 is 6.50. The van der Waals surface area contributed by atoms with Gasteiger partial charge in [-0.25, -0.2) is 0 Å². The molecule has 1 aliphatic heterocycles. The summed E-state index contributed by atoms with van der Waals surface area (Å²) in [6.07, 6.45) is 4.44. The van der Waals surface area contributed by atoms with E-state index in [1.807, 2.05) is 0 Å². The van der Waals surface area contributed by atoms with Gasteiger partial charge in [-0.1, -0.05) is 20.8 Å². The van der Waals surface area contributed by atoms with Crippen molar-refractivity contribution in [1.29, 1.82) is 0 Å². The average molecular weight is 238 g/mol. The standard InChI is InChI=1S/C15H26O2/c1-9(2)15-8-5-10(3)11-6-7-14(4,17-15)13(16)12(11)15/h9-13,16H,5-8H2,1-4H3/t10-,11+,12-,13+,14+,15+/m1/s1. The molecule has 3 aliphatic rings. The van der Waals surface area contributed by atoms with Crippen molar-refractivity contribution in [3.63, 3.8) is 0 Å². The maximum absolute atomic E-state index is 10.7. The molecule has 0 radical (unpaired) electrons. The Balaban J connectivity index is 2.06. The van der Waals surface area contributed by atoms with Gasteiger partial charge in [0.25, 0.3) is 0 Å². The smallest absolute Gasteiger partial charge is 0.0924 e. The molecule has 6 atom stereocenters. The summed E-state index contributed by atoms with van der Waals surface area (Å²) >= 11 is 0. The third-order valence-corrected chi connectivity index (χ3v) is 6.09. The van der Waals surface area contributed by atoms with Gasteiger partial charge in [0.05, 0.1) is 17.3 Å². The van der Waals surface area contributed by atoms with Crippen LogP contribution in [0.4, 0.5) is 0 Å². The Morgan fingerprint density at radius 1 is 1.24 bits per heavy atom. The molecular formula is C15H26O2. The van der Waals surface area contributed by atoms with Crippen molar-refractivity contribution in [2.24, 2.45) is 23.7 Å². The van der Waals surface area contributed by atoms with E-state index in [1.165, 1.54) is 12.8 Å². The Morgan fingerprint density at radius 2 is 1.94 bits per heavy atom. The van der Waals surface area contributed by atoms with Crippen molar-refractivity contribution in [3.05, 3.63) is 0 Å². The minimum absolute atomic E-state index is 0.0398. The van der Waals surface area contributed by atoms with Crippen LogP contribution in [0.15, 0.2) is 0 Å². The molecule has 0 aromatic heterocycles. The molecule has 2 heteroatoms.